The number of aromatic nitrogens is 1. The Balaban J connectivity index is 1.54. The van der Waals surface area contributed by atoms with Crippen LogP contribution in [0.25, 0.3) is 6.08 Å². The summed E-state index contributed by atoms with van der Waals surface area (Å²) in [5.74, 6) is -1.06. The quantitative estimate of drug-likeness (QED) is 0.341. The predicted molar refractivity (Wildman–Crippen MR) is 119 cm³/mol. The van der Waals surface area contributed by atoms with E-state index in [1.165, 1.54) is 37.5 Å². The Labute approximate surface area is 189 Å². The number of ether oxygens (including phenoxy) is 3. The molecule has 0 saturated heterocycles. The van der Waals surface area contributed by atoms with Gasteiger partial charge in [-0.05, 0) is 42.3 Å². The number of fused-ring (bicyclic) bond motifs is 1. The van der Waals surface area contributed by atoms with E-state index in [1.807, 2.05) is 13.0 Å². The summed E-state index contributed by atoms with van der Waals surface area (Å²) in [6.07, 6.45) is 3.67. The van der Waals surface area contributed by atoms with Crippen LogP contribution in [0, 0.1) is 6.92 Å². The van der Waals surface area contributed by atoms with Gasteiger partial charge in [-0.3, -0.25) is 9.78 Å². The fourth-order valence-electron chi connectivity index (χ4n) is 3.45. The monoisotopic (exact) mass is 447 g/mol. The van der Waals surface area contributed by atoms with Crippen molar-refractivity contribution in [1.82, 2.24) is 4.98 Å². The summed E-state index contributed by atoms with van der Waals surface area (Å²) in [6.45, 7) is 1.91. The zero-order chi connectivity index (χ0) is 23.5. The molecule has 0 bridgehead atoms. The molecule has 1 aliphatic heterocycles. The third kappa shape index (κ3) is 4.79. The SMILES string of the molecule is COc1ccc([C@@H]2CC(=O)c3c(O)cc(OC(=O)/C=C/c4ccc(C)cn4)cc3O2)cc1O. The van der Waals surface area contributed by atoms with Gasteiger partial charge in [-0.15, -0.1) is 0 Å². The van der Waals surface area contributed by atoms with E-state index in [0.717, 1.165) is 5.56 Å². The van der Waals surface area contributed by atoms with Crippen LogP contribution in [-0.2, 0) is 4.79 Å². The van der Waals surface area contributed by atoms with Gasteiger partial charge in [0.1, 0.15) is 28.9 Å². The largest absolute Gasteiger partial charge is 0.507 e. The molecule has 1 aromatic heterocycles. The lowest BCUT2D eigenvalue weighted by Crippen LogP contribution is -2.20. The Bertz CT molecular complexity index is 1250. The Morgan fingerprint density at radius 3 is 2.67 bits per heavy atom. The van der Waals surface area contributed by atoms with E-state index in [4.69, 9.17) is 14.2 Å². The number of ketones is 1. The lowest BCUT2D eigenvalue weighted by molar-refractivity contribution is -0.128. The second-order valence-electron chi connectivity index (χ2n) is 7.50. The molecule has 8 heteroatoms. The number of carbonyl (C=O) groups is 2. The van der Waals surface area contributed by atoms with Crippen LogP contribution in [0.15, 0.2) is 54.7 Å². The number of carbonyl (C=O) groups excluding carboxylic acids is 2. The number of nitrogens with zero attached hydrogens (tertiary/aromatic N) is 1. The second-order valence-corrected chi connectivity index (χ2v) is 7.50. The van der Waals surface area contributed by atoms with Gasteiger partial charge >= 0.3 is 5.97 Å². The number of phenolic OH excluding ortho intramolecular Hbond substituents is 2. The van der Waals surface area contributed by atoms with Crippen molar-refractivity contribution in [3.05, 3.63) is 77.1 Å². The number of aromatic hydroxyl groups is 2. The van der Waals surface area contributed by atoms with Crippen molar-refractivity contribution < 1.29 is 34.0 Å². The summed E-state index contributed by atoms with van der Waals surface area (Å²) in [5, 5.41) is 20.4. The molecule has 2 heterocycles. The molecule has 0 amide bonds. The van der Waals surface area contributed by atoms with Gasteiger partial charge < -0.3 is 24.4 Å². The van der Waals surface area contributed by atoms with Gasteiger partial charge in [0.05, 0.1) is 19.2 Å². The highest BCUT2D eigenvalue weighted by atomic mass is 16.5. The molecule has 4 rings (SSSR count). The van der Waals surface area contributed by atoms with E-state index >= 15 is 0 Å². The molecular weight excluding hydrogens is 426 g/mol. The lowest BCUT2D eigenvalue weighted by atomic mass is 9.95. The Kier molecular flexibility index (Phi) is 5.99. The Morgan fingerprint density at radius 2 is 1.97 bits per heavy atom. The van der Waals surface area contributed by atoms with E-state index < -0.39 is 12.1 Å². The number of esters is 1. The van der Waals surface area contributed by atoms with Gasteiger partial charge in [0, 0.05) is 24.4 Å². The molecule has 0 spiro atoms. The van der Waals surface area contributed by atoms with Gasteiger partial charge in [-0.25, -0.2) is 4.79 Å². The first-order valence-electron chi connectivity index (χ1n) is 10.1. The van der Waals surface area contributed by atoms with Crippen molar-refractivity contribution in [2.75, 3.05) is 7.11 Å². The summed E-state index contributed by atoms with van der Waals surface area (Å²) in [4.78, 5) is 29.0. The molecule has 33 heavy (non-hydrogen) atoms. The third-order valence-corrected chi connectivity index (χ3v) is 5.09. The Morgan fingerprint density at radius 1 is 1.15 bits per heavy atom. The topological polar surface area (TPSA) is 115 Å². The number of hydrogen-bond acceptors (Lipinski definition) is 8. The summed E-state index contributed by atoms with van der Waals surface area (Å²) >= 11 is 0. The highest BCUT2D eigenvalue weighted by Gasteiger charge is 2.31. The number of aryl methyl sites for hydroxylation is 1. The molecule has 2 aromatic carbocycles. The van der Waals surface area contributed by atoms with Gasteiger partial charge in [0.2, 0.25) is 0 Å². The zero-order valence-electron chi connectivity index (χ0n) is 17.9. The Hall–Kier alpha value is -4.33. The van der Waals surface area contributed by atoms with Crippen LogP contribution in [0.3, 0.4) is 0 Å². The predicted octanol–water partition coefficient (Wildman–Crippen LogP) is 4.14. The number of benzene rings is 2. The van der Waals surface area contributed by atoms with Crippen LogP contribution >= 0.6 is 0 Å². The van der Waals surface area contributed by atoms with Crippen LogP contribution in [0.5, 0.6) is 28.7 Å². The number of Topliss-reactive ketones (excluding diaryl/α,β-unsaturated/α-hetero) is 1. The molecule has 168 valence electrons. The van der Waals surface area contributed by atoms with Crippen LogP contribution in [0.2, 0.25) is 0 Å². The van der Waals surface area contributed by atoms with Gasteiger partial charge in [-0.2, -0.15) is 0 Å². The van der Waals surface area contributed by atoms with E-state index in [2.05, 4.69) is 4.98 Å². The number of hydrogen-bond donors (Lipinski definition) is 2. The van der Waals surface area contributed by atoms with Crippen LogP contribution in [-0.4, -0.2) is 34.1 Å². The molecule has 3 aromatic rings. The highest BCUT2D eigenvalue weighted by Crippen LogP contribution is 2.43. The first-order valence-corrected chi connectivity index (χ1v) is 10.1. The number of phenols is 2. The molecule has 0 radical (unpaired) electrons. The maximum atomic E-state index is 12.7. The number of rotatable bonds is 5. The van der Waals surface area contributed by atoms with Gasteiger partial charge in [0.15, 0.2) is 17.3 Å². The average molecular weight is 447 g/mol. The van der Waals surface area contributed by atoms with Crippen LogP contribution < -0.4 is 14.2 Å². The van der Waals surface area contributed by atoms with Crippen molar-refractivity contribution in [3.8, 4) is 28.7 Å². The lowest BCUT2D eigenvalue weighted by Gasteiger charge is -2.26. The average Bonchev–Trinajstić information content (AvgIpc) is 2.78. The smallest absolute Gasteiger partial charge is 0.336 e. The van der Waals surface area contributed by atoms with Crippen molar-refractivity contribution >= 4 is 17.8 Å². The minimum Gasteiger partial charge on any atom is -0.507 e. The summed E-state index contributed by atoms with van der Waals surface area (Å²) < 4.78 is 16.2. The van der Waals surface area contributed by atoms with Crippen molar-refractivity contribution in [3.63, 3.8) is 0 Å². The summed E-state index contributed by atoms with van der Waals surface area (Å²) in [7, 11) is 1.43. The first kappa shape index (κ1) is 21.9. The van der Waals surface area contributed by atoms with E-state index in [9.17, 15) is 19.8 Å². The molecule has 1 atom stereocenters. The van der Waals surface area contributed by atoms with Crippen molar-refractivity contribution in [2.24, 2.45) is 0 Å². The number of pyridine rings is 1. The maximum Gasteiger partial charge on any atom is 0.336 e. The number of methoxy groups -OCH3 is 1. The van der Waals surface area contributed by atoms with Gasteiger partial charge in [0.25, 0.3) is 0 Å². The first-order chi connectivity index (χ1) is 15.8. The maximum absolute atomic E-state index is 12.7. The second kappa shape index (κ2) is 9.04. The summed E-state index contributed by atoms with van der Waals surface area (Å²) in [5.41, 5.74) is 2.16. The van der Waals surface area contributed by atoms with Crippen molar-refractivity contribution in [1.29, 1.82) is 0 Å². The molecule has 1 aliphatic rings. The highest BCUT2D eigenvalue weighted by molar-refractivity contribution is 6.03. The van der Waals surface area contributed by atoms with Crippen LogP contribution in [0.4, 0.5) is 0 Å². The fraction of sp³-hybridized carbons (Fsp3) is 0.160. The van der Waals surface area contributed by atoms with E-state index in [-0.39, 0.29) is 40.8 Å². The minimum atomic E-state index is -0.695. The molecule has 2 N–H and O–H groups in total. The standard InChI is InChI=1S/C25H21NO7/c1-14-3-5-16(26-13-14)6-8-24(30)32-17-10-19(28)25-20(29)12-22(33-23(25)11-17)15-4-7-21(31-2)18(27)9-15/h3-11,13,22,27-28H,12H2,1-2H3/b8-6+/t22-/m0/s1. The molecule has 0 saturated carbocycles. The van der Waals surface area contributed by atoms with E-state index in [0.29, 0.717) is 17.0 Å². The van der Waals surface area contributed by atoms with Gasteiger partial charge in [-0.1, -0.05) is 12.1 Å². The molecule has 0 aliphatic carbocycles. The van der Waals surface area contributed by atoms with Crippen molar-refractivity contribution in [2.45, 2.75) is 19.4 Å². The molecule has 0 unspecified atom stereocenters. The molecule has 8 nitrogen and oxygen atoms in total. The van der Waals surface area contributed by atoms with Crippen LogP contribution in [0.1, 0.15) is 39.7 Å². The van der Waals surface area contributed by atoms with E-state index in [1.54, 1.807) is 24.4 Å². The molecule has 0 fully saturated rings. The fourth-order valence-corrected chi connectivity index (χ4v) is 3.45. The normalized spacial score (nSPS) is 15.1. The third-order valence-electron chi connectivity index (χ3n) is 5.09. The summed E-state index contributed by atoms with van der Waals surface area (Å²) in [6, 6.07) is 10.9. The minimum absolute atomic E-state index is 0.0168. The zero-order valence-corrected chi connectivity index (χ0v) is 17.9. The molecular formula is C25H21NO7.